The van der Waals surface area contributed by atoms with Gasteiger partial charge in [0.15, 0.2) is 0 Å². The fourth-order valence-electron chi connectivity index (χ4n) is 3.41. The molecule has 8 nitrogen and oxygen atoms in total. The second-order valence-corrected chi connectivity index (χ2v) is 6.79. The van der Waals surface area contributed by atoms with E-state index in [1.54, 1.807) is 31.2 Å². The molecular formula is C20H17F3N6O2. The van der Waals surface area contributed by atoms with Crippen molar-refractivity contribution in [3.05, 3.63) is 70.9 Å². The van der Waals surface area contributed by atoms with Crippen LogP contribution in [0, 0.1) is 0 Å². The van der Waals surface area contributed by atoms with E-state index in [1.165, 1.54) is 23.9 Å². The van der Waals surface area contributed by atoms with Crippen molar-refractivity contribution in [3.8, 4) is 5.75 Å². The number of allylic oxidation sites excluding steroid dienone is 1. The molecule has 0 fully saturated rings. The average Bonchev–Trinajstić information content (AvgIpc) is 3.20. The largest absolute Gasteiger partial charge is 0.495 e. The van der Waals surface area contributed by atoms with Crippen molar-refractivity contribution < 1.29 is 22.7 Å². The van der Waals surface area contributed by atoms with E-state index in [0.29, 0.717) is 22.7 Å². The number of amides is 1. The molecule has 1 atom stereocenters. The van der Waals surface area contributed by atoms with Gasteiger partial charge in [-0.25, -0.2) is 0 Å². The highest BCUT2D eigenvalue weighted by atomic mass is 19.4. The van der Waals surface area contributed by atoms with Crippen molar-refractivity contribution in [1.29, 1.82) is 0 Å². The molecule has 2 aromatic carbocycles. The van der Waals surface area contributed by atoms with E-state index in [1.807, 2.05) is 0 Å². The number of fused-ring (bicyclic) bond motifs is 1. The van der Waals surface area contributed by atoms with E-state index < -0.39 is 23.7 Å². The molecule has 0 bridgehead atoms. The van der Waals surface area contributed by atoms with E-state index >= 15 is 0 Å². The number of ether oxygens (including phenoxy) is 1. The molecule has 1 amide bonds. The number of hydrogen-bond donors (Lipinski definition) is 2. The summed E-state index contributed by atoms with van der Waals surface area (Å²) in [6.45, 7) is 1.67. The van der Waals surface area contributed by atoms with Crippen LogP contribution < -0.4 is 15.4 Å². The van der Waals surface area contributed by atoms with Gasteiger partial charge in [0.05, 0.1) is 23.9 Å². The summed E-state index contributed by atoms with van der Waals surface area (Å²) in [5.41, 5.74) is 0.810. The lowest BCUT2D eigenvalue weighted by Gasteiger charge is -2.28. The third kappa shape index (κ3) is 3.81. The highest BCUT2D eigenvalue weighted by Gasteiger charge is 2.35. The number of carbonyl (C=O) groups excluding carboxylic acids is 1. The first-order valence-corrected chi connectivity index (χ1v) is 9.16. The average molecular weight is 430 g/mol. The first kappa shape index (κ1) is 20.4. The molecule has 1 unspecified atom stereocenters. The third-order valence-electron chi connectivity index (χ3n) is 4.87. The Kier molecular flexibility index (Phi) is 5.09. The molecule has 11 heteroatoms. The SMILES string of the molecule is COc1ccccc1NC(=O)C1=C(C)Nc2nnnn2C1c1ccc(C(F)(F)F)cc1. The minimum Gasteiger partial charge on any atom is -0.495 e. The topological polar surface area (TPSA) is 94.0 Å². The number of hydrogen-bond acceptors (Lipinski definition) is 6. The standard InChI is InChI=1S/C20H17F3N6O2/c1-11-16(18(30)25-14-5-3-4-6-15(14)31-2)17(29-19(24-11)26-27-28-29)12-7-9-13(10-8-12)20(21,22)23/h3-10,17H,1-2H3,(H,25,30)(H,24,26,28). The fraction of sp³-hybridized carbons (Fsp3) is 0.200. The normalized spacial score (nSPS) is 15.8. The number of methoxy groups -OCH3 is 1. The maximum absolute atomic E-state index is 13.3. The van der Waals surface area contributed by atoms with Crippen molar-refractivity contribution in [3.63, 3.8) is 0 Å². The zero-order valence-corrected chi connectivity index (χ0v) is 16.4. The number of tetrazole rings is 1. The summed E-state index contributed by atoms with van der Waals surface area (Å²) in [5, 5.41) is 17.2. The predicted molar refractivity (Wildman–Crippen MR) is 105 cm³/mol. The Balaban J connectivity index is 1.75. The molecule has 160 valence electrons. The van der Waals surface area contributed by atoms with Gasteiger partial charge in [-0.05, 0) is 47.2 Å². The molecule has 0 saturated carbocycles. The van der Waals surface area contributed by atoms with Crippen molar-refractivity contribution in [2.24, 2.45) is 0 Å². The number of anilines is 2. The van der Waals surface area contributed by atoms with Gasteiger partial charge in [0.2, 0.25) is 5.95 Å². The van der Waals surface area contributed by atoms with Gasteiger partial charge < -0.3 is 15.4 Å². The minimum absolute atomic E-state index is 0.255. The van der Waals surface area contributed by atoms with Crippen LogP contribution in [0.15, 0.2) is 59.8 Å². The van der Waals surface area contributed by atoms with Crippen LogP contribution in [0.5, 0.6) is 5.75 Å². The van der Waals surface area contributed by atoms with E-state index in [4.69, 9.17) is 4.74 Å². The first-order chi connectivity index (χ1) is 14.8. The van der Waals surface area contributed by atoms with Gasteiger partial charge in [-0.2, -0.15) is 17.9 Å². The number of para-hydroxylation sites is 2. The van der Waals surface area contributed by atoms with Crippen LogP contribution in [0.1, 0.15) is 24.1 Å². The third-order valence-corrected chi connectivity index (χ3v) is 4.87. The molecule has 1 aliphatic heterocycles. The zero-order chi connectivity index (χ0) is 22.2. The Morgan fingerprint density at radius 1 is 1.16 bits per heavy atom. The quantitative estimate of drug-likeness (QED) is 0.657. The molecule has 2 N–H and O–H groups in total. The van der Waals surface area contributed by atoms with Crippen molar-refractivity contribution in [2.75, 3.05) is 17.7 Å². The molecule has 1 aliphatic rings. The highest BCUT2D eigenvalue weighted by Crippen LogP contribution is 2.37. The Morgan fingerprint density at radius 3 is 2.55 bits per heavy atom. The maximum atomic E-state index is 13.3. The highest BCUT2D eigenvalue weighted by molar-refractivity contribution is 6.06. The number of carbonyl (C=O) groups is 1. The van der Waals surface area contributed by atoms with Crippen LogP contribution in [-0.4, -0.2) is 33.2 Å². The molecule has 2 heterocycles. The van der Waals surface area contributed by atoms with E-state index in [2.05, 4.69) is 26.2 Å². The molecule has 4 rings (SSSR count). The van der Waals surface area contributed by atoms with Crippen LogP contribution in [0.3, 0.4) is 0 Å². The van der Waals surface area contributed by atoms with Gasteiger partial charge in [0.25, 0.3) is 5.91 Å². The van der Waals surface area contributed by atoms with Crippen molar-refractivity contribution in [1.82, 2.24) is 20.2 Å². The van der Waals surface area contributed by atoms with Gasteiger partial charge in [-0.15, -0.1) is 0 Å². The van der Waals surface area contributed by atoms with Crippen LogP contribution in [0.4, 0.5) is 24.8 Å². The first-order valence-electron chi connectivity index (χ1n) is 9.16. The molecular weight excluding hydrogens is 413 g/mol. The van der Waals surface area contributed by atoms with E-state index in [-0.39, 0.29) is 11.5 Å². The number of alkyl halides is 3. The lowest BCUT2D eigenvalue weighted by molar-refractivity contribution is -0.137. The summed E-state index contributed by atoms with van der Waals surface area (Å²) in [4.78, 5) is 13.3. The second-order valence-electron chi connectivity index (χ2n) is 6.79. The van der Waals surface area contributed by atoms with Gasteiger partial charge >= 0.3 is 6.18 Å². The molecule has 0 aliphatic carbocycles. The van der Waals surface area contributed by atoms with Crippen LogP contribution in [0.2, 0.25) is 0 Å². The van der Waals surface area contributed by atoms with Gasteiger partial charge in [-0.3, -0.25) is 4.79 Å². The maximum Gasteiger partial charge on any atom is 0.416 e. The van der Waals surface area contributed by atoms with Gasteiger partial charge in [-0.1, -0.05) is 29.4 Å². The molecule has 0 radical (unpaired) electrons. The molecule has 1 aromatic heterocycles. The summed E-state index contributed by atoms with van der Waals surface area (Å²) < 4.78 is 45.6. The predicted octanol–water partition coefficient (Wildman–Crippen LogP) is 3.63. The summed E-state index contributed by atoms with van der Waals surface area (Å²) in [7, 11) is 1.48. The molecule has 0 saturated heterocycles. The smallest absolute Gasteiger partial charge is 0.416 e. The Morgan fingerprint density at radius 2 is 1.87 bits per heavy atom. The summed E-state index contributed by atoms with van der Waals surface area (Å²) >= 11 is 0. The fourth-order valence-corrected chi connectivity index (χ4v) is 3.41. The number of aromatic nitrogens is 4. The number of halogens is 3. The zero-order valence-electron chi connectivity index (χ0n) is 16.4. The number of benzene rings is 2. The minimum atomic E-state index is -4.47. The molecule has 3 aromatic rings. The lowest BCUT2D eigenvalue weighted by atomic mass is 9.94. The monoisotopic (exact) mass is 430 g/mol. The summed E-state index contributed by atoms with van der Waals surface area (Å²) in [5.74, 6) is 0.267. The summed E-state index contributed by atoms with van der Waals surface area (Å²) in [6, 6.07) is 10.6. The van der Waals surface area contributed by atoms with Crippen LogP contribution in [-0.2, 0) is 11.0 Å². The number of nitrogens with one attached hydrogen (secondary N) is 2. The Hall–Kier alpha value is -3.89. The Bertz CT molecular complexity index is 1150. The van der Waals surface area contributed by atoms with Crippen molar-refractivity contribution in [2.45, 2.75) is 19.1 Å². The molecule has 0 spiro atoms. The number of nitrogens with zero attached hydrogens (tertiary/aromatic N) is 4. The molecule has 31 heavy (non-hydrogen) atoms. The number of rotatable bonds is 4. The van der Waals surface area contributed by atoms with Crippen molar-refractivity contribution >= 4 is 17.5 Å². The lowest BCUT2D eigenvalue weighted by Crippen LogP contribution is -2.31. The van der Waals surface area contributed by atoms with Gasteiger partial charge in [0, 0.05) is 5.70 Å². The van der Waals surface area contributed by atoms with E-state index in [0.717, 1.165) is 12.1 Å². The second kappa shape index (κ2) is 7.74. The Labute approximate surface area is 174 Å². The van der Waals surface area contributed by atoms with Crippen LogP contribution in [0.25, 0.3) is 0 Å². The van der Waals surface area contributed by atoms with Crippen LogP contribution >= 0.6 is 0 Å². The van der Waals surface area contributed by atoms with E-state index in [9.17, 15) is 18.0 Å². The summed E-state index contributed by atoms with van der Waals surface area (Å²) in [6.07, 6.45) is -4.47. The van der Waals surface area contributed by atoms with Gasteiger partial charge in [0.1, 0.15) is 11.8 Å².